The third-order valence-electron chi connectivity index (χ3n) is 5.60. The van der Waals surface area contributed by atoms with E-state index in [-0.39, 0.29) is 0 Å². The molecule has 1 saturated heterocycles. The number of benzene rings is 1. The van der Waals surface area contributed by atoms with Gasteiger partial charge in [-0.05, 0) is 50.7 Å². The van der Waals surface area contributed by atoms with Gasteiger partial charge < -0.3 is 29.7 Å². The van der Waals surface area contributed by atoms with E-state index in [1.807, 2.05) is 12.1 Å². The van der Waals surface area contributed by atoms with E-state index in [1.54, 1.807) is 7.11 Å². The second-order valence-corrected chi connectivity index (χ2v) is 7.79. The predicted molar refractivity (Wildman–Crippen MR) is 131 cm³/mol. The van der Waals surface area contributed by atoms with Gasteiger partial charge in [0, 0.05) is 32.7 Å². The van der Waals surface area contributed by atoms with Crippen molar-refractivity contribution in [1.29, 1.82) is 0 Å². The summed E-state index contributed by atoms with van der Waals surface area (Å²) in [5, 5.41) is 6.77. The van der Waals surface area contributed by atoms with Crippen molar-refractivity contribution in [3.05, 3.63) is 23.8 Å². The first-order valence-electron chi connectivity index (χ1n) is 12.0. The molecule has 1 aromatic carbocycles. The van der Waals surface area contributed by atoms with E-state index in [2.05, 4.69) is 47.3 Å². The van der Waals surface area contributed by atoms with E-state index in [0.717, 1.165) is 95.0 Å². The summed E-state index contributed by atoms with van der Waals surface area (Å²) in [6.07, 6.45) is 1.08. The highest BCUT2D eigenvalue weighted by Gasteiger charge is 2.10. The summed E-state index contributed by atoms with van der Waals surface area (Å²) in [5.41, 5.74) is 1.09. The Kier molecular flexibility index (Phi) is 12.9. The molecule has 8 nitrogen and oxygen atoms in total. The molecule has 182 valence electrons. The average Bonchev–Trinajstić information content (AvgIpc) is 2.84. The topological polar surface area (TPSA) is 70.6 Å². The summed E-state index contributed by atoms with van der Waals surface area (Å²) in [5.74, 6) is 2.37. The third-order valence-corrected chi connectivity index (χ3v) is 5.60. The minimum absolute atomic E-state index is 0.578. The summed E-state index contributed by atoms with van der Waals surface area (Å²) >= 11 is 0. The van der Waals surface area contributed by atoms with Crippen LogP contribution in [0.3, 0.4) is 0 Å². The minimum Gasteiger partial charge on any atom is -0.493 e. The van der Waals surface area contributed by atoms with Crippen LogP contribution in [-0.4, -0.2) is 95.0 Å². The molecule has 0 amide bonds. The summed E-state index contributed by atoms with van der Waals surface area (Å²) in [6.45, 7) is 17.2. The van der Waals surface area contributed by atoms with Crippen LogP contribution in [0.1, 0.15) is 32.8 Å². The molecular formula is C24H43N5O3. The molecule has 1 aromatic rings. The number of guanidine groups is 1. The van der Waals surface area contributed by atoms with Crippen LogP contribution in [0.25, 0.3) is 0 Å². The fourth-order valence-electron chi connectivity index (χ4n) is 3.60. The molecule has 32 heavy (non-hydrogen) atoms. The summed E-state index contributed by atoms with van der Waals surface area (Å²) in [7, 11) is 1.68. The fraction of sp³-hybridized carbons (Fsp3) is 0.708. The Morgan fingerprint density at radius 1 is 1.12 bits per heavy atom. The molecular weight excluding hydrogens is 406 g/mol. The summed E-state index contributed by atoms with van der Waals surface area (Å²) in [6, 6.07) is 6.05. The molecule has 2 N–H and O–H groups in total. The van der Waals surface area contributed by atoms with Crippen molar-refractivity contribution in [3.8, 4) is 11.5 Å². The number of methoxy groups -OCH3 is 1. The number of rotatable bonds is 14. The number of ether oxygens (including phenoxy) is 3. The van der Waals surface area contributed by atoms with E-state index >= 15 is 0 Å². The summed E-state index contributed by atoms with van der Waals surface area (Å²) in [4.78, 5) is 9.53. The highest BCUT2D eigenvalue weighted by molar-refractivity contribution is 5.79. The highest BCUT2D eigenvalue weighted by atomic mass is 16.5. The first-order valence-corrected chi connectivity index (χ1v) is 12.0. The highest BCUT2D eigenvalue weighted by Crippen LogP contribution is 2.28. The number of aliphatic imine (C=N–C) groups is 1. The SMILES string of the molecule is CCNC(=NCc1ccc(OCCN(CC)CC)c(OC)c1)NCCCN1CCOCC1. The Bertz CT molecular complexity index is 661. The summed E-state index contributed by atoms with van der Waals surface area (Å²) < 4.78 is 16.9. The van der Waals surface area contributed by atoms with Gasteiger partial charge in [-0.3, -0.25) is 4.90 Å². The maximum Gasteiger partial charge on any atom is 0.191 e. The maximum atomic E-state index is 5.96. The monoisotopic (exact) mass is 449 g/mol. The van der Waals surface area contributed by atoms with Crippen molar-refractivity contribution >= 4 is 5.96 Å². The Hall–Kier alpha value is -2.03. The van der Waals surface area contributed by atoms with Gasteiger partial charge in [0.2, 0.25) is 0 Å². The lowest BCUT2D eigenvalue weighted by molar-refractivity contribution is 0.0376. The molecule has 0 aliphatic carbocycles. The number of hydrogen-bond donors (Lipinski definition) is 2. The van der Waals surface area contributed by atoms with Crippen LogP contribution in [0.15, 0.2) is 23.2 Å². The average molecular weight is 450 g/mol. The number of nitrogens with zero attached hydrogens (tertiary/aromatic N) is 3. The third kappa shape index (κ3) is 9.63. The Morgan fingerprint density at radius 2 is 1.91 bits per heavy atom. The van der Waals surface area contributed by atoms with Gasteiger partial charge in [0.15, 0.2) is 17.5 Å². The molecule has 0 saturated carbocycles. The van der Waals surface area contributed by atoms with Crippen molar-refractivity contribution in [3.63, 3.8) is 0 Å². The second-order valence-electron chi connectivity index (χ2n) is 7.79. The van der Waals surface area contributed by atoms with E-state index in [9.17, 15) is 0 Å². The van der Waals surface area contributed by atoms with Gasteiger partial charge in [0.1, 0.15) is 6.61 Å². The van der Waals surface area contributed by atoms with Crippen molar-refractivity contribution < 1.29 is 14.2 Å². The molecule has 0 spiro atoms. The van der Waals surface area contributed by atoms with Crippen molar-refractivity contribution in [2.24, 2.45) is 4.99 Å². The molecule has 0 bridgehead atoms. The van der Waals surface area contributed by atoms with Crippen LogP contribution in [-0.2, 0) is 11.3 Å². The quantitative estimate of drug-likeness (QED) is 0.256. The molecule has 8 heteroatoms. The van der Waals surface area contributed by atoms with Crippen molar-refractivity contribution in [2.75, 3.05) is 79.3 Å². The first-order chi connectivity index (χ1) is 15.7. The van der Waals surface area contributed by atoms with Crippen LogP contribution >= 0.6 is 0 Å². The number of nitrogens with one attached hydrogen (secondary N) is 2. The van der Waals surface area contributed by atoms with Crippen molar-refractivity contribution in [1.82, 2.24) is 20.4 Å². The van der Waals surface area contributed by atoms with E-state index in [4.69, 9.17) is 19.2 Å². The normalized spacial score (nSPS) is 15.1. The van der Waals surface area contributed by atoms with Crippen LogP contribution in [0.2, 0.25) is 0 Å². The van der Waals surface area contributed by atoms with Gasteiger partial charge in [-0.1, -0.05) is 19.9 Å². The Labute approximate surface area is 194 Å². The zero-order valence-electron chi connectivity index (χ0n) is 20.5. The molecule has 0 aromatic heterocycles. The number of likely N-dealkylation sites (N-methyl/N-ethyl adjacent to an activating group) is 1. The van der Waals surface area contributed by atoms with Gasteiger partial charge in [-0.2, -0.15) is 0 Å². The minimum atomic E-state index is 0.578. The Balaban J connectivity index is 1.83. The lowest BCUT2D eigenvalue weighted by Crippen LogP contribution is -2.40. The van der Waals surface area contributed by atoms with Crippen LogP contribution in [0.4, 0.5) is 0 Å². The maximum absolute atomic E-state index is 5.96. The molecule has 1 heterocycles. The molecule has 2 rings (SSSR count). The molecule has 0 atom stereocenters. The van der Waals surface area contributed by atoms with Crippen LogP contribution in [0, 0.1) is 0 Å². The van der Waals surface area contributed by atoms with E-state index in [1.165, 1.54) is 0 Å². The standard InChI is InChI=1S/C24H43N5O3/c1-5-25-24(26-11-8-12-29-13-16-31-17-14-29)27-20-21-9-10-22(23(19-21)30-4)32-18-15-28(6-2)7-3/h9-10,19H,5-8,11-18,20H2,1-4H3,(H2,25,26,27). The van der Waals surface area contributed by atoms with E-state index < -0.39 is 0 Å². The zero-order valence-corrected chi connectivity index (χ0v) is 20.5. The smallest absolute Gasteiger partial charge is 0.191 e. The van der Waals surface area contributed by atoms with Crippen molar-refractivity contribution in [2.45, 2.75) is 33.7 Å². The lowest BCUT2D eigenvalue weighted by atomic mass is 10.2. The van der Waals surface area contributed by atoms with Gasteiger partial charge >= 0.3 is 0 Å². The van der Waals surface area contributed by atoms with Crippen LogP contribution in [0.5, 0.6) is 11.5 Å². The number of morpholine rings is 1. The second kappa shape index (κ2) is 15.7. The molecule has 0 unspecified atom stereocenters. The first kappa shape index (κ1) is 26.2. The van der Waals surface area contributed by atoms with Crippen LogP contribution < -0.4 is 20.1 Å². The Morgan fingerprint density at radius 3 is 2.59 bits per heavy atom. The predicted octanol–water partition coefficient (Wildman–Crippen LogP) is 2.19. The van der Waals surface area contributed by atoms with E-state index in [0.29, 0.717) is 13.2 Å². The van der Waals surface area contributed by atoms with Gasteiger partial charge in [-0.25, -0.2) is 4.99 Å². The van der Waals surface area contributed by atoms with Gasteiger partial charge in [0.05, 0.1) is 26.9 Å². The lowest BCUT2D eigenvalue weighted by Gasteiger charge is -2.26. The zero-order chi connectivity index (χ0) is 23.0. The van der Waals surface area contributed by atoms with Gasteiger partial charge in [0.25, 0.3) is 0 Å². The number of hydrogen-bond acceptors (Lipinski definition) is 6. The molecule has 0 radical (unpaired) electrons. The largest absolute Gasteiger partial charge is 0.493 e. The van der Waals surface area contributed by atoms with Gasteiger partial charge in [-0.15, -0.1) is 0 Å². The fourth-order valence-corrected chi connectivity index (χ4v) is 3.60. The molecule has 1 aliphatic rings. The molecule has 1 aliphatic heterocycles. The molecule has 1 fully saturated rings.